The normalized spacial score (nSPS) is 10.6. The highest BCUT2D eigenvalue weighted by Gasteiger charge is 2.15. The van der Waals surface area contributed by atoms with Gasteiger partial charge in [-0.15, -0.1) is 0 Å². The molecule has 0 atom stereocenters. The Balaban J connectivity index is 1.98. The predicted molar refractivity (Wildman–Crippen MR) is 96.3 cm³/mol. The lowest BCUT2D eigenvalue weighted by atomic mass is 10.1. The molecule has 6 nitrogen and oxygen atoms in total. The SMILES string of the molecule is CC(C)CNC(=O)c1cncc(C(=O)N(C)CCc2ccncc2)c1. The predicted octanol–water partition coefficient (Wildman–Crippen LogP) is 2.18. The van der Waals surface area contributed by atoms with Crippen LogP contribution in [-0.4, -0.2) is 46.8 Å². The smallest absolute Gasteiger partial charge is 0.255 e. The molecule has 0 radical (unpaired) electrons. The van der Waals surface area contributed by atoms with Gasteiger partial charge in [-0.25, -0.2) is 0 Å². The summed E-state index contributed by atoms with van der Waals surface area (Å²) in [6.45, 7) is 5.21. The summed E-state index contributed by atoms with van der Waals surface area (Å²) in [7, 11) is 1.75. The second-order valence-electron chi connectivity index (χ2n) is 6.40. The zero-order chi connectivity index (χ0) is 18.2. The Labute approximate surface area is 148 Å². The summed E-state index contributed by atoms with van der Waals surface area (Å²) in [6, 6.07) is 5.45. The Hall–Kier alpha value is -2.76. The van der Waals surface area contributed by atoms with Crippen molar-refractivity contribution in [2.75, 3.05) is 20.1 Å². The van der Waals surface area contributed by atoms with Crippen LogP contribution in [-0.2, 0) is 6.42 Å². The molecule has 0 unspecified atom stereocenters. The summed E-state index contributed by atoms with van der Waals surface area (Å²) >= 11 is 0. The molecule has 25 heavy (non-hydrogen) atoms. The maximum absolute atomic E-state index is 12.5. The van der Waals surface area contributed by atoms with E-state index in [4.69, 9.17) is 0 Å². The Morgan fingerprint density at radius 2 is 1.80 bits per heavy atom. The van der Waals surface area contributed by atoms with Crippen molar-refractivity contribution < 1.29 is 9.59 Å². The van der Waals surface area contributed by atoms with Crippen LogP contribution in [0.15, 0.2) is 43.0 Å². The summed E-state index contributed by atoms with van der Waals surface area (Å²) in [5, 5.41) is 2.83. The van der Waals surface area contributed by atoms with Crippen molar-refractivity contribution in [3.63, 3.8) is 0 Å². The van der Waals surface area contributed by atoms with Crippen molar-refractivity contribution in [1.82, 2.24) is 20.2 Å². The monoisotopic (exact) mass is 340 g/mol. The molecule has 2 amide bonds. The van der Waals surface area contributed by atoms with Crippen LogP contribution < -0.4 is 5.32 Å². The summed E-state index contributed by atoms with van der Waals surface area (Å²) in [5.41, 5.74) is 1.93. The number of carbonyl (C=O) groups excluding carboxylic acids is 2. The van der Waals surface area contributed by atoms with Gasteiger partial charge in [0.05, 0.1) is 11.1 Å². The molecule has 0 aliphatic heterocycles. The topological polar surface area (TPSA) is 75.2 Å². The molecule has 0 saturated carbocycles. The van der Waals surface area contributed by atoms with E-state index in [0.29, 0.717) is 30.1 Å². The van der Waals surface area contributed by atoms with E-state index in [0.717, 1.165) is 12.0 Å². The average molecular weight is 340 g/mol. The fraction of sp³-hybridized carbons (Fsp3) is 0.368. The summed E-state index contributed by atoms with van der Waals surface area (Å²) in [6.07, 6.45) is 7.18. The summed E-state index contributed by atoms with van der Waals surface area (Å²) < 4.78 is 0. The molecular formula is C19H24N4O2. The largest absolute Gasteiger partial charge is 0.352 e. The first-order valence-corrected chi connectivity index (χ1v) is 8.35. The minimum atomic E-state index is -0.213. The van der Waals surface area contributed by atoms with Crippen LogP contribution >= 0.6 is 0 Å². The molecule has 2 aromatic heterocycles. The van der Waals surface area contributed by atoms with Crippen molar-refractivity contribution in [2.24, 2.45) is 5.92 Å². The zero-order valence-corrected chi connectivity index (χ0v) is 14.9. The maximum atomic E-state index is 12.5. The van der Waals surface area contributed by atoms with Gasteiger partial charge in [-0.2, -0.15) is 0 Å². The molecule has 0 aromatic carbocycles. The van der Waals surface area contributed by atoms with E-state index in [2.05, 4.69) is 15.3 Å². The number of amides is 2. The van der Waals surface area contributed by atoms with Gasteiger partial charge in [-0.1, -0.05) is 13.8 Å². The van der Waals surface area contributed by atoms with Gasteiger partial charge in [0, 0.05) is 44.9 Å². The fourth-order valence-electron chi connectivity index (χ4n) is 2.25. The van der Waals surface area contributed by atoms with Crippen LogP contribution in [0.3, 0.4) is 0 Å². The van der Waals surface area contributed by atoms with Crippen molar-refractivity contribution in [2.45, 2.75) is 20.3 Å². The lowest BCUT2D eigenvalue weighted by molar-refractivity contribution is 0.0796. The summed E-state index contributed by atoms with van der Waals surface area (Å²) in [4.78, 5) is 34.3. The van der Waals surface area contributed by atoms with Crippen molar-refractivity contribution >= 4 is 11.8 Å². The molecule has 0 bridgehead atoms. The van der Waals surface area contributed by atoms with E-state index < -0.39 is 0 Å². The molecule has 1 N–H and O–H groups in total. The summed E-state index contributed by atoms with van der Waals surface area (Å²) in [5.74, 6) is -0.00334. The Morgan fingerprint density at radius 1 is 1.12 bits per heavy atom. The number of rotatable bonds is 7. The van der Waals surface area contributed by atoms with Crippen LogP contribution in [0.25, 0.3) is 0 Å². The van der Waals surface area contributed by atoms with Gasteiger partial charge in [0.25, 0.3) is 11.8 Å². The highest BCUT2D eigenvalue weighted by atomic mass is 16.2. The quantitative estimate of drug-likeness (QED) is 0.838. The molecule has 0 saturated heterocycles. The fourth-order valence-corrected chi connectivity index (χ4v) is 2.25. The van der Waals surface area contributed by atoms with Gasteiger partial charge in [0.1, 0.15) is 0 Å². The third-order valence-electron chi connectivity index (χ3n) is 3.75. The van der Waals surface area contributed by atoms with Crippen LogP contribution in [0.4, 0.5) is 0 Å². The number of nitrogens with zero attached hydrogens (tertiary/aromatic N) is 3. The number of hydrogen-bond acceptors (Lipinski definition) is 4. The molecule has 2 heterocycles. The number of aromatic nitrogens is 2. The molecule has 132 valence electrons. The van der Waals surface area contributed by atoms with E-state index in [1.807, 2.05) is 26.0 Å². The van der Waals surface area contributed by atoms with Crippen LogP contribution in [0, 0.1) is 5.92 Å². The van der Waals surface area contributed by atoms with E-state index in [9.17, 15) is 9.59 Å². The van der Waals surface area contributed by atoms with Gasteiger partial charge >= 0.3 is 0 Å². The molecule has 2 aromatic rings. The molecule has 0 aliphatic rings. The van der Waals surface area contributed by atoms with Crippen LogP contribution in [0.5, 0.6) is 0 Å². The van der Waals surface area contributed by atoms with Gasteiger partial charge in [0.15, 0.2) is 0 Å². The van der Waals surface area contributed by atoms with Gasteiger partial charge in [-0.3, -0.25) is 19.6 Å². The first-order chi connectivity index (χ1) is 12.0. The van der Waals surface area contributed by atoms with Crippen molar-refractivity contribution in [3.8, 4) is 0 Å². The van der Waals surface area contributed by atoms with Crippen LogP contribution in [0.2, 0.25) is 0 Å². The van der Waals surface area contributed by atoms with Gasteiger partial charge < -0.3 is 10.2 Å². The number of pyridine rings is 2. The van der Waals surface area contributed by atoms with E-state index in [1.54, 1.807) is 30.4 Å². The van der Waals surface area contributed by atoms with Crippen molar-refractivity contribution in [1.29, 1.82) is 0 Å². The van der Waals surface area contributed by atoms with Crippen molar-refractivity contribution in [3.05, 3.63) is 59.7 Å². The first kappa shape index (κ1) is 18.6. The highest BCUT2D eigenvalue weighted by Crippen LogP contribution is 2.08. The minimum absolute atomic E-state index is 0.153. The molecule has 2 rings (SSSR count). The third-order valence-corrected chi connectivity index (χ3v) is 3.75. The molecule has 6 heteroatoms. The third kappa shape index (κ3) is 5.67. The van der Waals surface area contributed by atoms with Crippen LogP contribution in [0.1, 0.15) is 40.1 Å². The number of nitrogens with one attached hydrogen (secondary N) is 1. The second-order valence-corrected chi connectivity index (χ2v) is 6.40. The molecular weight excluding hydrogens is 316 g/mol. The number of hydrogen-bond donors (Lipinski definition) is 1. The minimum Gasteiger partial charge on any atom is -0.352 e. The van der Waals surface area contributed by atoms with E-state index >= 15 is 0 Å². The molecule has 0 fully saturated rings. The number of likely N-dealkylation sites (N-methyl/N-ethyl adjacent to an activating group) is 1. The van der Waals surface area contributed by atoms with Gasteiger partial charge in [0.2, 0.25) is 0 Å². The molecule has 0 spiro atoms. The highest BCUT2D eigenvalue weighted by molar-refractivity contribution is 5.99. The first-order valence-electron chi connectivity index (χ1n) is 8.35. The standard InChI is InChI=1S/C19H24N4O2/c1-14(2)11-22-18(24)16-10-17(13-21-12-16)19(25)23(3)9-6-15-4-7-20-8-5-15/h4-5,7-8,10,12-14H,6,9,11H2,1-3H3,(H,22,24). The van der Waals surface area contributed by atoms with E-state index in [1.165, 1.54) is 12.4 Å². The maximum Gasteiger partial charge on any atom is 0.255 e. The van der Waals surface area contributed by atoms with E-state index in [-0.39, 0.29) is 11.8 Å². The Bertz CT molecular complexity index is 716. The second kappa shape index (κ2) is 8.92. The lowest BCUT2D eigenvalue weighted by Crippen LogP contribution is -2.30. The Morgan fingerprint density at radius 3 is 2.48 bits per heavy atom. The van der Waals surface area contributed by atoms with Gasteiger partial charge in [-0.05, 0) is 36.1 Å². The average Bonchev–Trinajstić information content (AvgIpc) is 2.64. The lowest BCUT2D eigenvalue weighted by Gasteiger charge is -2.17. The number of carbonyl (C=O) groups is 2. The Kier molecular flexibility index (Phi) is 6.62. The molecule has 0 aliphatic carbocycles. The zero-order valence-electron chi connectivity index (χ0n) is 14.9.